The minimum atomic E-state index is 0.376. The molecule has 0 aliphatic carbocycles. The molecule has 0 bridgehead atoms. The van der Waals surface area contributed by atoms with E-state index in [-0.39, 0.29) is 0 Å². The third-order valence-electron chi connectivity index (χ3n) is 2.57. The minimum Gasteiger partial charge on any atom is -0.396 e. The van der Waals surface area contributed by atoms with E-state index in [0.29, 0.717) is 11.4 Å². The molecular weight excluding hydrogens is 210 g/mol. The Morgan fingerprint density at radius 2 is 2.12 bits per heavy atom. The summed E-state index contributed by atoms with van der Waals surface area (Å²) in [7, 11) is 0. The Bertz CT molecular complexity index is 369. The van der Waals surface area contributed by atoms with Crippen molar-refractivity contribution in [1.82, 2.24) is 0 Å². The fraction of sp³-hybridized carbons (Fsp3) is 0.500. The van der Waals surface area contributed by atoms with Gasteiger partial charge in [-0.25, -0.2) is 0 Å². The molecule has 0 saturated heterocycles. The highest BCUT2D eigenvalue weighted by atomic mass is 14.8. The first kappa shape index (κ1) is 15.4. The van der Waals surface area contributed by atoms with Crippen LogP contribution in [0.5, 0.6) is 0 Å². The fourth-order valence-electron chi connectivity index (χ4n) is 1.50. The molecule has 0 rings (SSSR count). The summed E-state index contributed by atoms with van der Waals surface area (Å²) >= 11 is 0. The number of nitrogens with one attached hydrogen (secondary N) is 1. The quantitative estimate of drug-likeness (QED) is 0.512. The molecule has 0 aromatic carbocycles. The molecule has 0 aromatic heterocycles. The molecule has 94 valence electrons. The molecule has 0 fully saturated rings. The van der Waals surface area contributed by atoms with Crippen LogP contribution in [-0.4, -0.2) is 11.9 Å². The van der Waals surface area contributed by atoms with Crippen LogP contribution in [0, 0.1) is 5.41 Å². The van der Waals surface area contributed by atoms with Gasteiger partial charge in [0.15, 0.2) is 0 Å². The molecule has 0 saturated carbocycles. The maximum absolute atomic E-state index is 7.52. The van der Waals surface area contributed by atoms with Gasteiger partial charge < -0.3 is 11.1 Å². The third kappa shape index (κ3) is 5.88. The molecule has 3 N–H and O–H groups in total. The predicted molar refractivity (Wildman–Crippen MR) is 75.6 cm³/mol. The van der Waals surface area contributed by atoms with Crippen molar-refractivity contribution >= 4 is 11.9 Å². The summed E-state index contributed by atoms with van der Waals surface area (Å²) in [6, 6.07) is 0. The zero-order valence-electron chi connectivity index (χ0n) is 11.1. The van der Waals surface area contributed by atoms with Gasteiger partial charge in [-0.1, -0.05) is 13.5 Å². The van der Waals surface area contributed by atoms with Gasteiger partial charge in [0.25, 0.3) is 0 Å². The van der Waals surface area contributed by atoms with Crippen molar-refractivity contribution in [3.8, 4) is 0 Å². The maximum atomic E-state index is 7.52. The first-order valence-electron chi connectivity index (χ1n) is 5.97. The summed E-state index contributed by atoms with van der Waals surface area (Å²) in [6.07, 6.45) is 5.42. The normalized spacial score (nSPS) is 12.2. The summed E-state index contributed by atoms with van der Waals surface area (Å²) in [5.74, 6) is 0. The van der Waals surface area contributed by atoms with Gasteiger partial charge in [-0.15, -0.1) is 5.73 Å². The minimum absolute atomic E-state index is 0.376. The molecule has 0 atom stereocenters. The van der Waals surface area contributed by atoms with Crippen molar-refractivity contribution in [3.05, 3.63) is 29.3 Å². The second-order valence-electron chi connectivity index (χ2n) is 3.86. The summed E-state index contributed by atoms with van der Waals surface area (Å²) in [5, 5.41) is 7.52. The molecule has 0 heterocycles. The van der Waals surface area contributed by atoms with Crippen LogP contribution in [0.15, 0.2) is 34.3 Å². The SMILES string of the molecule is C=C=C(CC)CCCC(/N=C\C)=C(\N)C(C)=N. The first-order valence-corrected chi connectivity index (χ1v) is 5.97. The smallest absolute Gasteiger partial charge is 0.0741 e. The summed E-state index contributed by atoms with van der Waals surface area (Å²) in [4.78, 5) is 4.24. The average Bonchev–Trinajstić information content (AvgIpc) is 2.32. The van der Waals surface area contributed by atoms with E-state index >= 15 is 0 Å². The molecular formula is C14H23N3. The van der Waals surface area contributed by atoms with Gasteiger partial charge in [-0.05, 0) is 45.1 Å². The first-order chi connectivity index (χ1) is 8.06. The number of hydrogen-bond donors (Lipinski definition) is 2. The topological polar surface area (TPSA) is 62.2 Å². The molecule has 0 spiro atoms. The molecule has 17 heavy (non-hydrogen) atoms. The highest BCUT2D eigenvalue weighted by Crippen LogP contribution is 2.16. The van der Waals surface area contributed by atoms with Crippen LogP contribution in [0.25, 0.3) is 0 Å². The molecule has 0 aliphatic heterocycles. The van der Waals surface area contributed by atoms with E-state index in [1.54, 1.807) is 13.1 Å². The van der Waals surface area contributed by atoms with Crippen LogP contribution >= 0.6 is 0 Å². The van der Waals surface area contributed by atoms with Crippen molar-refractivity contribution in [3.63, 3.8) is 0 Å². The summed E-state index contributed by atoms with van der Waals surface area (Å²) in [5.41, 5.74) is 11.7. The van der Waals surface area contributed by atoms with E-state index in [2.05, 4.69) is 24.2 Å². The van der Waals surface area contributed by atoms with Crippen molar-refractivity contribution in [1.29, 1.82) is 5.41 Å². The molecule has 3 nitrogen and oxygen atoms in total. The van der Waals surface area contributed by atoms with Gasteiger partial charge in [0.2, 0.25) is 0 Å². The summed E-state index contributed by atoms with van der Waals surface area (Å²) in [6.45, 7) is 9.31. The lowest BCUT2D eigenvalue weighted by atomic mass is 10.0. The van der Waals surface area contributed by atoms with E-state index in [1.807, 2.05) is 6.92 Å². The van der Waals surface area contributed by atoms with Crippen LogP contribution in [0.2, 0.25) is 0 Å². The Hall–Kier alpha value is -1.60. The van der Waals surface area contributed by atoms with Gasteiger partial charge in [0.1, 0.15) is 0 Å². The number of hydrogen-bond acceptors (Lipinski definition) is 3. The van der Waals surface area contributed by atoms with Crippen LogP contribution in [-0.2, 0) is 0 Å². The van der Waals surface area contributed by atoms with Crippen LogP contribution < -0.4 is 5.73 Å². The van der Waals surface area contributed by atoms with Gasteiger partial charge in [-0.2, -0.15) is 0 Å². The lowest BCUT2D eigenvalue weighted by Gasteiger charge is -2.07. The van der Waals surface area contributed by atoms with E-state index in [9.17, 15) is 0 Å². The number of aliphatic imine (C=N–C) groups is 1. The molecule has 0 radical (unpaired) electrons. The number of rotatable bonds is 7. The monoisotopic (exact) mass is 233 g/mol. The van der Waals surface area contributed by atoms with Gasteiger partial charge in [0, 0.05) is 6.21 Å². The van der Waals surface area contributed by atoms with Gasteiger partial charge >= 0.3 is 0 Å². The Kier molecular flexibility index (Phi) is 7.74. The molecule has 0 aromatic rings. The lowest BCUT2D eigenvalue weighted by Crippen LogP contribution is -2.10. The highest BCUT2D eigenvalue weighted by Gasteiger charge is 2.04. The van der Waals surface area contributed by atoms with E-state index < -0.39 is 0 Å². The Labute approximate surface area is 104 Å². The van der Waals surface area contributed by atoms with E-state index in [1.165, 1.54) is 5.57 Å². The molecule has 0 amide bonds. The Morgan fingerprint density at radius 1 is 1.47 bits per heavy atom. The zero-order valence-corrected chi connectivity index (χ0v) is 11.1. The van der Waals surface area contributed by atoms with Crippen LogP contribution in [0.4, 0.5) is 0 Å². The predicted octanol–water partition coefficient (Wildman–Crippen LogP) is 3.58. The number of nitrogens with two attached hydrogens (primary N) is 1. The Morgan fingerprint density at radius 3 is 2.53 bits per heavy atom. The Balaban J connectivity index is 4.55. The fourth-order valence-corrected chi connectivity index (χ4v) is 1.50. The molecule has 0 aliphatic rings. The van der Waals surface area contributed by atoms with Crippen molar-refractivity contribution in [2.45, 2.75) is 46.5 Å². The largest absolute Gasteiger partial charge is 0.396 e. The van der Waals surface area contributed by atoms with Crippen molar-refractivity contribution < 1.29 is 0 Å². The zero-order chi connectivity index (χ0) is 13.3. The van der Waals surface area contributed by atoms with Crippen LogP contribution in [0.1, 0.15) is 46.5 Å². The second kappa shape index (κ2) is 8.54. The van der Waals surface area contributed by atoms with Crippen molar-refractivity contribution in [2.75, 3.05) is 0 Å². The molecule has 0 unspecified atom stereocenters. The van der Waals surface area contributed by atoms with Crippen LogP contribution in [0.3, 0.4) is 0 Å². The molecule has 3 heteroatoms. The maximum Gasteiger partial charge on any atom is 0.0741 e. The third-order valence-corrected chi connectivity index (χ3v) is 2.57. The number of allylic oxidation sites excluding steroid dienone is 3. The van der Waals surface area contributed by atoms with Gasteiger partial charge in [-0.3, -0.25) is 4.99 Å². The summed E-state index contributed by atoms with van der Waals surface area (Å²) < 4.78 is 0. The average molecular weight is 233 g/mol. The standard InChI is InChI=1S/C14H23N3/c1-5-12(6-2)9-8-10-13(17-7-3)14(16)11(4)15/h7,15H,1,6,8-10,16H2,2-4H3/b14-13+,15-11?,17-7-. The van der Waals surface area contributed by atoms with Crippen molar-refractivity contribution in [2.24, 2.45) is 10.7 Å². The number of nitrogens with zero attached hydrogens (tertiary/aromatic N) is 1. The lowest BCUT2D eigenvalue weighted by molar-refractivity contribution is 0.773. The highest BCUT2D eigenvalue weighted by molar-refractivity contribution is 5.95. The second-order valence-corrected chi connectivity index (χ2v) is 3.86. The van der Waals surface area contributed by atoms with Gasteiger partial charge in [0.05, 0.1) is 17.1 Å². The van der Waals surface area contributed by atoms with E-state index in [0.717, 1.165) is 31.4 Å². The van der Waals surface area contributed by atoms with E-state index in [4.69, 9.17) is 11.1 Å².